The topological polar surface area (TPSA) is 91.8 Å². The van der Waals surface area contributed by atoms with Gasteiger partial charge in [-0.3, -0.25) is 4.79 Å². The monoisotopic (exact) mass is 314 g/mol. The second-order valence-electron chi connectivity index (χ2n) is 5.26. The number of carboxylic acids is 1. The summed E-state index contributed by atoms with van der Waals surface area (Å²) in [6.45, 7) is 3.32. The number of para-hydroxylation sites is 1. The quantitative estimate of drug-likeness (QED) is 0.719. The lowest BCUT2D eigenvalue weighted by Gasteiger charge is -2.19. The number of carboxylic acid groups (broad SMARTS) is 1. The minimum atomic E-state index is -0.973. The molecule has 2 N–H and O–H groups in total. The molecule has 22 heavy (non-hydrogen) atoms. The van der Waals surface area contributed by atoms with Crippen molar-refractivity contribution >= 4 is 28.8 Å². The molecule has 3 aromatic rings. The maximum Gasteiger partial charge on any atom is 0.319 e. The van der Waals surface area contributed by atoms with Gasteiger partial charge in [0.15, 0.2) is 0 Å². The van der Waals surface area contributed by atoms with Crippen molar-refractivity contribution in [2.75, 3.05) is 0 Å². The number of hydrogen-bond donors (Lipinski definition) is 2. The Morgan fingerprint density at radius 1 is 1.32 bits per heavy atom. The summed E-state index contributed by atoms with van der Waals surface area (Å²) >= 11 is 1.22. The van der Waals surface area contributed by atoms with Gasteiger partial charge in [0.2, 0.25) is 0 Å². The van der Waals surface area contributed by atoms with Crippen LogP contribution in [0.25, 0.3) is 22.3 Å². The Bertz CT molecular complexity index is 844. The molecule has 0 aliphatic rings. The number of imidazole rings is 1. The first kappa shape index (κ1) is 14.5. The fraction of sp³-hybridized carbons (Fsp3) is 0.200. The minimum Gasteiger partial charge on any atom is -0.480 e. The summed E-state index contributed by atoms with van der Waals surface area (Å²) in [4.78, 5) is 27.8. The normalized spacial score (nSPS) is 11.7. The van der Waals surface area contributed by atoms with Gasteiger partial charge in [0, 0.05) is 11.8 Å². The lowest BCUT2D eigenvalue weighted by atomic mass is 10.1. The van der Waals surface area contributed by atoms with Crippen molar-refractivity contribution in [1.29, 1.82) is 0 Å². The molecule has 6 nitrogen and oxygen atoms in total. The average Bonchev–Trinajstić information content (AvgIpc) is 2.95. The predicted molar refractivity (Wildman–Crippen MR) is 84.7 cm³/mol. The van der Waals surface area contributed by atoms with E-state index in [9.17, 15) is 9.90 Å². The number of nitrogens with zero attached hydrogens (tertiary/aromatic N) is 3. The highest BCUT2D eigenvalue weighted by Gasteiger charge is 2.30. The van der Waals surface area contributed by atoms with Crippen molar-refractivity contribution in [3.8, 4) is 11.3 Å². The van der Waals surface area contributed by atoms with E-state index >= 15 is 0 Å². The van der Waals surface area contributed by atoms with Crippen LogP contribution in [0.2, 0.25) is 0 Å². The third-order valence-corrected chi connectivity index (χ3v) is 4.47. The zero-order chi connectivity index (χ0) is 15.7. The zero-order valence-corrected chi connectivity index (χ0v) is 12.9. The lowest BCUT2D eigenvalue weighted by molar-refractivity contribution is -0.138. The van der Waals surface area contributed by atoms with Crippen molar-refractivity contribution in [3.63, 3.8) is 0 Å². The SMILES string of the molecule is CC(C)(Sc1cncnc1-c1cccc2[nH]cnc12)C(=O)O. The summed E-state index contributed by atoms with van der Waals surface area (Å²) in [6, 6.07) is 5.76. The molecule has 3 rings (SSSR count). The molecule has 0 aliphatic carbocycles. The van der Waals surface area contributed by atoms with E-state index in [0.29, 0.717) is 10.6 Å². The predicted octanol–water partition coefficient (Wildman–Crippen LogP) is 2.98. The third kappa shape index (κ3) is 2.55. The van der Waals surface area contributed by atoms with E-state index in [1.54, 1.807) is 26.4 Å². The molecule has 0 atom stereocenters. The molecule has 0 bridgehead atoms. The van der Waals surface area contributed by atoms with Crippen molar-refractivity contribution in [2.45, 2.75) is 23.5 Å². The van der Waals surface area contributed by atoms with Gasteiger partial charge in [-0.15, -0.1) is 11.8 Å². The van der Waals surface area contributed by atoms with Crippen LogP contribution < -0.4 is 0 Å². The number of aromatic nitrogens is 4. The number of thioether (sulfide) groups is 1. The van der Waals surface area contributed by atoms with E-state index in [0.717, 1.165) is 16.6 Å². The van der Waals surface area contributed by atoms with Gasteiger partial charge in [-0.1, -0.05) is 12.1 Å². The van der Waals surface area contributed by atoms with Crippen LogP contribution in [0.1, 0.15) is 13.8 Å². The zero-order valence-electron chi connectivity index (χ0n) is 12.1. The van der Waals surface area contributed by atoms with Crippen LogP contribution in [-0.2, 0) is 4.79 Å². The molecule has 0 saturated heterocycles. The Labute approximate surface area is 131 Å². The van der Waals surface area contributed by atoms with Crippen LogP contribution in [0.3, 0.4) is 0 Å². The Kier molecular flexibility index (Phi) is 3.58. The summed E-state index contributed by atoms with van der Waals surface area (Å²) in [5.74, 6) is -0.884. The Morgan fingerprint density at radius 3 is 2.91 bits per heavy atom. The Hall–Kier alpha value is -2.41. The van der Waals surface area contributed by atoms with E-state index in [-0.39, 0.29) is 0 Å². The van der Waals surface area contributed by atoms with Gasteiger partial charge in [0.1, 0.15) is 11.1 Å². The summed E-state index contributed by atoms with van der Waals surface area (Å²) in [5.41, 5.74) is 3.25. The van der Waals surface area contributed by atoms with Crippen LogP contribution in [0.15, 0.2) is 41.9 Å². The summed E-state index contributed by atoms with van der Waals surface area (Å²) in [5, 5.41) is 9.32. The number of rotatable bonds is 4. The summed E-state index contributed by atoms with van der Waals surface area (Å²) < 4.78 is -0.973. The van der Waals surface area contributed by atoms with Crippen molar-refractivity contribution in [3.05, 3.63) is 37.1 Å². The summed E-state index contributed by atoms with van der Waals surface area (Å²) in [6.07, 6.45) is 4.73. The molecule has 0 amide bonds. The van der Waals surface area contributed by atoms with Crippen LogP contribution in [0.5, 0.6) is 0 Å². The molecule has 0 spiro atoms. The van der Waals surface area contributed by atoms with Crippen LogP contribution in [0, 0.1) is 0 Å². The van der Waals surface area contributed by atoms with E-state index in [1.165, 1.54) is 18.1 Å². The minimum absolute atomic E-state index is 0.687. The largest absolute Gasteiger partial charge is 0.480 e. The van der Waals surface area contributed by atoms with Gasteiger partial charge in [-0.2, -0.15) is 0 Å². The van der Waals surface area contributed by atoms with E-state index in [1.807, 2.05) is 18.2 Å². The molecule has 112 valence electrons. The third-order valence-electron chi connectivity index (χ3n) is 3.26. The standard InChI is InChI=1S/C15H14N4O2S/c1-15(2,14(20)21)22-11-6-16-7-18-13(11)9-4-3-5-10-12(9)19-8-17-10/h3-8H,1-2H3,(H,17,19)(H,20,21). The number of carbonyl (C=O) groups is 1. The van der Waals surface area contributed by atoms with Crippen molar-refractivity contribution < 1.29 is 9.90 Å². The molecule has 0 fully saturated rings. The van der Waals surface area contributed by atoms with Crippen molar-refractivity contribution in [1.82, 2.24) is 19.9 Å². The first-order chi connectivity index (χ1) is 10.5. The maximum atomic E-state index is 11.4. The van der Waals surface area contributed by atoms with Crippen molar-refractivity contribution in [2.24, 2.45) is 0 Å². The van der Waals surface area contributed by atoms with Gasteiger partial charge >= 0.3 is 5.97 Å². The summed E-state index contributed by atoms with van der Waals surface area (Å²) in [7, 11) is 0. The lowest BCUT2D eigenvalue weighted by Crippen LogP contribution is -2.27. The number of nitrogens with one attached hydrogen (secondary N) is 1. The number of fused-ring (bicyclic) bond motifs is 1. The Morgan fingerprint density at radius 2 is 2.14 bits per heavy atom. The van der Waals surface area contributed by atoms with Crippen LogP contribution in [0.4, 0.5) is 0 Å². The number of H-pyrrole nitrogens is 1. The first-order valence-corrected chi connectivity index (χ1v) is 7.45. The maximum absolute atomic E-state index is 11.4. The molecule has 0 saturated carbocycles. The van der Waals surface area contributed by atoms with Gasteiger partial charge < -0.3 is 10.1 Å². The fourth-order valence-corrected chi connectivity index (χ4v) is 3.08. The van der Waals surface area contributed by atoms with E-state index < -0.39 is 10.7 Å². The number of aromatic amines is 1. The molecule has 0 aliphatic heterocycles. The van der Waals surface area contributed by atoms with Gasteiger partial charge in [-0.25, -0.2) is 15.0 Å². The average molecular weight is 314 g/mol. The highest BCUT2D eigenvalue weighted by Crippen LogP contribution is 2.38. The highest BCUT2D eigenvalue weighted by atomic mass is 32.2. The molecule has 2 aromatic heterocycles. The molecular weight excluding hydrogens is 300 g/mol. The molecule has 7 heteroatoms. The number of aliphatic carboxylic acids is 1. The highest BCUT2D eigenvalue weighted by molar-refractivity contribution is 8.01. The van der Waals surface area contributed by atoms with E-state index in [4.69, 9.17) is 0 Å². The molecule has 1 aromatic carbocycles. The van der Waals surface area contributed by atoms with Gasteiger partial charge in [0.05, 0.1) is 28.0 Å². The molecular formula is C15H14N4O2S. The molecule has 0 unspecified atom stereocenters. The van der Waals surface area contributed by atoms with Gasteiger partial charge in [-0.05, 0) is 19.9 Å². The number of benzene rings is 1. The Balaban J connectivity index is 2.13. The van der Waals surface area contributed by atoms with Crippen LogP contribution >= 0.6 is 11.8 Å². The second-order valence-corrected chi connectivity index (χ2v) is 6.92. The van der Waals surface area contributed by atoms with Gasteiger partial charge in [0.25, 0.3) is 0 Å². The first-order valence-electron chi connectivity index (χ1n) is 6.64. The molecule has 2 heterocycles. The van der Waals surface area contributed by atoms with Crippen LogP contribution in [-0.4, -0.2) is 35.8 Å². The fourth-order valence-electron chi connectivity index (χ4n) is 2.07. The smallest absolute Gasteiger partial charge is 0.319 e. The molecule has 0 radical (unpaired) electrons. The second kappa shape index (κ2) is 5.42. The van der Waals surface area contributed by atoms with E-state index in [2.05, 4.69) is 19.9 Å². The number of hydrogen-bond acceptors (Lipinski definition) is 5.